The maximum atomic E-state index is 12.8. The second-order valence-corrected chi connectivity index (χ2v) is 13.0. The molecule has 236 valence electrons. The fourth-order valence-electron chi connectivity index (χ4n) is 6.19. The van der Waals surface area contributed by atoms with Gasteiger partial charge in [0.05, 0.1) is 6.67 Å². The van der Waals surface area contributed by atoms with Gasteiger partial charge in [0.2, 0.25) is 11.8 Å². The van der Waals surface area contributed by atoms with Gasteiger partial charge in [0.25, 0.3) is 0 Å². The lowest BCUT2D eigenvalue weighted by Gasteiger charge is -2.20. The largest absolute Gasteiger partial charge is 0.323 e. The summed E-state index contributed by atoms with van der Waals surface area (Å²) in [5.41, 5.74) is 0. The molecule has 0 aliphatic carbocycles. The summed E-state index contributed by atoms with van der Waals surface area (Å²) in [6, 6.07) is 0.157. The number of carbonyl (C=O) groups excluding carboxylic acids is 2. The molecule has 1 heterocycles. The molecule has 1 fully saturated rings. The van der Waals surface area contributed by atoms with Crippen LogP contribution in [0.15, 0.2) is 0 Å². The SMILES string of the molecule is CCCCCCCCCCCCCCCC(=O)N1CC(C)N(C(=O)CCCCCCCCCCCCCCC)C1. The summed E-state index contributed by atoms with van der Waals surface area (Å²) >= 11 is 0. The molecule has 1 rings (SSSR count). The van der Waals surface area contributed by atoms with E-state index in [0.29, 0.717) is 26.1 Å². The van der Waals surface area contributed by atoms with Crippen molar-refractivity contribution >= 4 is 11.8 Å². The average molecular weight is 563 g/mol. The second kappa shape index (κ2) is 26.8. The van der Waals surface area contributed by atoms with Crippen LogP contribution in [0.2, 0.25) is 0 Å². The van der Waals surface area contributed by atoms with Crippen LogP contribution in [0, 0.1) is 0 Å². The van der Waals surface area contributed by atoms with E-state index in [2.05, 4.69) is 20.8 Å². The Balaban J connectivity index is 1.96. The zero-order chi connectivity index (χ0) is 29.1. The van der Waals surface area contributed by atoms with E-state index in [-0.39, 0.29) is 17.9 Å². The molecule has 1 aliphatic heterocycles. The van der Waals surface area contributed by atoms with Crippen molar-refractivity contribution in [2.24, 2.45) is 0 Å². The topological polar surface area (TPSA) is 40.6 Å². The van der Waals surface area contributed by atoms with E-state index < -0.39 is 0 Å². The highest BCUT2D eigenvalue weighted by molar-refractivity contribution is 5.80. The van der Waals surface area contributed by atoms with Crippen molar-refractivity contribution in [2.45, 2.75) is 207 Å². The molecule has 2 amide bonds. The Labute approximate surface area is 250 Å². The van der Waals surface area contributed by atoms with Gasteiger partial charge in [-0.2, -0.15) is 0 Å². The Morgan fingerprint density at radius 1 is 0.475 bits per heavy atom. The second-order valence-electron chi connectivity index (χ2n) is 13.0. The lowest BCUT2D eigenvalue weighted by atomic mass is 10.0. The molecule has 0 bridgehead atoms. The van der Waals surface area contributed by atoms with Crippen molar-refractivity contribution < 1.29 is 9.59 Å². The fraction of sp³-hybridized carbons (Fsp3) is 0.944. The molecule has 0 aromatic carbocycles. The molecule has 0 aromatic heterocycles. The van der Waals surface area contributed by atoms with Crippen LogP contribution in [0.5, 0.6) is 0 Å². The molecular formula is C36H70N2O2. The maximum absolute atomic E-state index is 12.8. The Hall–Kier alpha value is -1.06. The van der Waals surface area contributed by atoms with Crippen LogP contribution in [0.3, 0.4) is 0 Å². The molecule has 0 saturated carbocycles. The van der Waals surface area contributed by atoms with E-state index in [0.717, 1.165) is 25.7 Å². The number of amides is 2. The Morgan fingerprint density at radius 2 is 0.775 bits per heavy atom. The first-order valence-electron chi connectivity index (χ1n) is 18.2. The summed E-state index contributed by atoms with van der Waals surface area (Å²) < 4.78 is 0. The minimum Gasteiger partial charge on any atom is -0.323 e. The normalized spacial score (nSPS) is 15.3. The summed E-state index contributed by atoms with van der Waals surface area (Å²) in [4.78, 5) is 29.4. The van der Waals surface area contributed by atoms with E-state index >= 15 is 0 Å². The molecule has 1 unspecified atom stereocenters. The third kappa shape index (κ3) is 19.9. The highest BCUT2D eigenvalue weighted by atomic mass is 16.2. The van der Waals surface area contributed by atoms with Crippen LogP contribution in [-0.2, 0) is 9.59 Å². The van der Waals surface area contributed by atoms with Crippen LogP contribution in [0.25, 0.3) is 0 Å². The Kier molecular flexibility index (Phi) is 24.8. The molecule has 1 atom stereocenters. The minimum atomic E-state index is 0.157. The van der Waals surface area contributed by atoms with E-state index in [1.807, 2.05) is 9.80 Å². The quantitative estimate of drug-likeness (QED) is 0.0890. The first kappa shape index (κ1) is 37.0. The van der Waals surface area contributed by atoms with Crippen molar-refractivity contribution in [2.75, 3.05) is 13.2 Å². The lowest BCUT2D eigenvalue weighted by Crippen LogP contribution is -2.35. The van der Waals surface area contributed by atoms with Gasteiger partial charge in [0.15, 0.2) is 0 Å². The molecule has 4 nitrogen and oxygen atoms in total. The number of hydrogen-bond donors (Lipinski definition) is 0. The van der Waals surface area contributed by atoms with Gasteiger partial charge in [0, 0.05) is 25.4 Å². The number of unbranched alkanes of at least 4 members (excludes halogenated alkanes) is 24. The van der Waals surface area contributed by atoms with Crippen molar-refractivity contribution in [3.05, 3.63) is 0 Å². The Bertz CT molecular complexity index is 593. The Morgan fingerprint density at radius 3 is 1.12 bits per heavy atom. The van der Waals surface area contributed by atoms with Gasteiger partial charge < -0.3 is 9.80 Å². The van der Waals surface area contributed by atoms with Gasteiger partial charge in [0.1, 0.15) is 0 Å². The van der Waals surface area contributed by atoms with Gasteiger partial charge >= 0.3 is 0 Å². The smallest absolute Gasteiger partial charge is 0.224 e. The molecule has 0 aromatic rings. The number of rotatable bonds is 28. The van der Waals surface area contributed by atoms with Crippen molar-refractivity contribution in [1.82, 2.24) is 9.80 Å². The predicted octanol–water partition coefficient (Wildman–Crippen LogP) is 11.0. The molecule has 0 N–H and O–H groups in total. The summed E-state index contributed by atoms with van der Waals surface area (Å²) in [7, 11) is 0. The average Bonchev–Trinajstić information content (AvgIpc) is 3.35. The summed E-state index contributed by atoms with van der Waals surface area (Å²) in [6.45, 7) is 7.87. The highest BCUT2D eigenvalue weighted by Crippen LogP contribution is 2.19. The monoisotopic (exact) mass is 563 g/mol. The molecule has 0 spiro atoms. The minimum absolute atomic E-state index is 0.157. The number of carbonyl (C=O) groups is 2. The summed E-state index contributed by atoms with van der Waals surface area (Å²) in [5.74, 6) is 0.484. The molecular weight excluding hydrogens is 492 g/mol. The van der Waals surface area contributed by atoms with Crippen LogP contribution in [-0.4, -0.2) is 40.9 Å². The summed E-state index contributed by atoms with van der Waals surface area (Å²) in [5, 5.41) is 0. The zero-order valence-corrected chi connectivity index (χ0v) is 27.5. The van der Waals surface area contributed by atoms with Crippen molar-refractivity contribution in [1.29, 1.82) is 0 Å². The molecule has 1 aliphatic rings. The van der Waals surface area contributed by atoms with Crippen LogP contribution < -0.4 is 0 Å². The first-order chi connectivity index (χ1) is 19.6. The first-order valence-corrected chi connectivity index (χ1v) is 18.2. The van der Waals surface area contributed by atoms with E-state index in [1.54, 1.807) is 0 Å². The number of nitrogens with zero attached hydrogens (tertiary/aromatic N) is 2. The van der Waals surface area contributed by atoms with E-state index in [1.165, 1.54) is 141 Å². The van der Waals surface area contributed by atoms with Gasteiger partial charge in [-0.1, -0.05) is 168 Å². The van der Waals surface area contributed by atoms with Gasteiger partial charge in [-0.3, -0.25) is 9.59 Å². The number of hydrogen-bond acceptors (Lipinski definition) is 2. The standard InChI is InChI=1S/C36H70N2O2/c1-4-6-8-10-12-14-16-18-20-22-24-26-28-30-35(39)37-32-34(3)38(33-37)36(40)31-29-27-25-23-21-19-17-15-13-11-9-7-5-2/h34H,4-33H2,1-3H3. The van der Waals surface area contributed by atoms with Gasteiger partial charge in [-0.05, 0) is 19.8 Å². The fourth-order valence-corrected chi connectivity index (χ4v) is 6.19. The predicted molar refractivity (Wildman–Crippen MR) is 174 cm³/mol. The van der Waals surface area contributed by atoms with Crippen molar-refractivity contribution in [3.8, 4) is 0 Å². The van der Waals surface area contributed by atoms with E-state index in [9.17, 15) is 9.59 Å². The molecule has 1 saturated heterocycles. The molecule has 0 radical (unpaired) electrons. The third-order valence-electron chi connectivity index (χ3n) is 9.00. The van der Waals surface area contributed by atoms with Gasteiger partial charge in [-0.25, -0.2) is 0 Å². The zero-order valence-electron chi connectivity index (χ0n) is 27.5. The lowest BCUT2D eigenvalue weighted by molar-refractivity contribution is -0.134. The molecule has 4 heteroatoms. The highest BCUT2D eigenvalue weighted by Gasteiger charge is 2.32. The van der Waals surface area contributed by atoms with Crippen LogP contribution >= 0.6 is 0 Å². The van der Waals surface area contributed by atoms with Crippen LogP contribution in [0.4, 0.5) is 0 Å². The van der Waals surface area contributed by atoms with Crippen LogP contribution in [0.1, 0.15) is 201 Å². The molecule has 40 heavy (non-hydrogen) atoms. The maximum Gasteiger partial charge on any atom is 0.224 e. The summed E-state index contributed by atoms with van der Waals surface area (Å²) in [6.07, 6.45) is 35.7. The van der Waals surface area contributed by atoms with E-state index in [4.69, 9.17) is 0 Å². The third-order valence-corrected chi connectivity index (χ3v) is 9.00. The van der Waals surface area contributed by atoms with Crippen molar-refractivity contribution in [3.63, 3.8) is 0 Å². The van der Waals surface area contributed by atoms with Gasteiger partial charge in [-0.15, -0.1) is 0 Å².